The molecule has 2 aromatic carbocycles. The number of nitrogens with two attached hydrogens (primary N) is 1. The molecule has 5 heteroatoms. The predicted octanol–water partition coefficient (Wildman–Crippen LogP) is 3.59. The van der Waals surface area contributed by atoms with Gasteiger partial charge in [0.2, 0.25) is 0 Å². The third-order valence-corrected chi connectivity index (χ3v) is 3.30. The lowest BCUT2D eigenvalue weighted by molar-refractivity contribution is 0.1000. The van der Waals surface area contributed by atoms with Gasteiger partial charge in [-0.1, -0.05) is 47.5 Å². The molecule has 20 heavy (non-hydrogen) atoms. The first kappa shape index (κ1) is 14.4. The first-order valence-electron chi connectivity index (χ1n) is 5.66. The minimum Gasteiger partial charge on any atom is -0.366 e. The molecule has 2 N–H and O–H groups in total. The monoisotopic (exact) mass is 303 g/mol. The van der Waals surface area contributed by atoms with Crippen LogP contribution in [0.25, 0.3) is 0 Å². The van der Waals surface area contributed by atoms with Crippen LogP contribution in [-0.4, -0.2) is 5.91 Å². The fourth-order valence-corrected chi connectivity index (χ4v) is 2.37. The van der Waals surface area contributed by atoms with Crippen LogP contribution in [0.5, 0.6) is 0 Å². The largest absolute Gasteiger partial charge is 0.366 e. The molecule has 0 spiro atoms. The molecule has 0 heterocycles. The summed E-state index contributed by atoms with van der Waals surface area (Å²) < 4.78 is 0. The first-order valence-corrected chi connectivity index (χ1v) is 6.42. The van der Waals surface area contributed by atoms with E-state index in [1.807, 2.05) is 0 Å². The summed E-state index contributed by atoms with van der Waals surface area (Å²) in [5, 5.41) is 10.1. The average molecular weight is 304 g/mol. The highest BCUT2D eigenvalue weighted by atomic mass is 35.5. The van der Waals surface area contributed by atoms with Gasteiger partial charge in [-0.25, -0.2) is 0 Å². The van der Waals surface area contributed by atoms with Crippen LogP contribution in [-0.2, 0) is 0 Å². The Morgan fingerprint density at radius 1 is 1.15 bits per heavy atom. The average Bonchev–Trinajstić information content (AvgIpc) is 2.39. The van der Waals surface area contributed by atoms with E-state index in [9.17, 15) is 10.1 Å². The van der Waals surface area contributed by atoms with E-state index >= 15 is 0 Å². The molecule has 0 saturated heterocycles. The van der Waals surface area contributed by atoms with Gasteiger partial charge < -0.3 is 5.73 Å². The Bertz CT molecular complexity index is 707. The summed E-state index contributed by atoms with van der Waals surface area (Å²) in [5.41, 5.74) is 6.47. The summed E-state index contributed by atoms with van der Waals surface area (Å²) in [7, 11) is 0. The lowest BCUT2D eigenvalue weighted by Crippen LogP contribution is -2.16. The van der Waals surface area contributed by atoms with Crippen LogP contribution >= 0.6 is 23.2 Å². The summed E-state index contributed by atoms with van der Waals surface area (Å²) in [6, 6.07) is 13.7. The van der Waals surface area contributed by atoms with Gasteiger partial charge in [-0.15, -0.1) is 0 Å². The van der Waals surface area contributed by atoms with E-state index in [-0.39, 0.29) is 10.6 Å². The summed E-state index contributed by atoms with van der Waals surface area (Å²) in [4.78, 5) is 11.6. The zero-order chi connectivity index (χ0) is 14.7. The smallest absolute Gasteiger partial charge is 0.250 e. The van der Waals surface area contributed by atoms with Gasteiger partial charge in [0.05, 0.1) is 16.7 Å². The molecule has 99 valence electrons. The van der Waals surface area contributed by atoms with Gasteiger partial charge >= 0.3 is 0 Å². The van der Waals surface area contributed by atoms with Crippen molar-refractivity contribution in [3.8, 4) is 6.07 Å². The molecular weight excluding hydrogens is 295 g/mol. The fraction of sp³-hybridized carbons (Fsp3) is 0. The van der Waals surface area contributed by atoms with Gasteiger partial charge in [-0.05, 0) is 29.3 Å². The molecule has 0 aromatic heterocycles. The molecule has 2 aromatic rings. The Labute approximate surface area is 126 Å². The quantitative estimate of drug-likeness (QED) is 0.941. The van der Waals surface area contributed by atoms with Crippen LogP contribution in [0, 0.1) is 17.2 Å². The van der Waals surface area contributed by atoms with E-state index in [1.165, 1.54) is 0 Å². The highest BCUT2D eigenvalue weighted by molar-refractivity contribution is 6.34. The normalized spacial score (nSPS) is 10.3. The predicted molar refractivity (Wildman–Crippen MR) is 78.5 cm³/mol. The van der Waals surface area contributed by atoms with Gasteiger partial charge in [-0.2, -0.15) is 5.26 Å². The maximum atomic E-state index is 11.6. The molecule has 0 fully saturated rings. The topological polar surface area (TPSA) is 66.9 Å². The SMILES string of the molecule is N#C[C](c1cccc(Cl)c1)c1cccc(Cl)c1C(N)=O. The van der Waals surface area contributed by atoms with Gasteiger partial charge in [0.1, 0.15) is 5.92 Å². The number of halogens is 2. The molecule has 0 aliphatic heterocycles. The van der Waals surface area contributed by atoms with E-state index in [2.05, 4.69) is 6.07 Å². The molecule has 2 rings (SSSR count). The molecule has 0 atom stereocenters. The number of hydrogen-bond acceptors (Lipinski definition) is 2. The number of hydrogen-bond donors (Lipinski definition) is 1. The fourth-order valence-electron chi connectivity index (χ4n) is 1.91. The van der Waals surface area contributed by atoms with E-state index in [4.69, 9.17) is 28.9 Å². The minimum absolute atomic E-state index is 0.130. The summed E-state index contributed by atoms with van der Waals surface area (Å²) >= 11 is 11.9. The summed E-state index contributed by atoms with van der Waals surface area (Å²) in [6.45, 7) is 0. The lowest BCUT2D eigenvalue weighted by Gasteiger charge is -2.13. The van der Waals surface area contributed by atoms with Crippen LogP contribution in [0.4, 0.5) is 0 Å². The molecule has 0 aliphatic rings. The highest BCUT2D eigenvalue weighted by Crippen LogP contribution is 2.30. The second-order valence-electron chi connectivity index (χ2n) is 4.02. The summed E-state index contributed by atoms with van der Waals surface area (Å²) in [6.07, 6.45) is 0. The maximum absolute atomic E-state index is 11.6. The Kier molecular flexibility index (Phi) is 4.29. The first-order chi connectivity index (χ1) is 9.54. The zero-order valence-corrected chi connectivity index (χ0v) is 11.7. The number of nitrogens with zero attached hydrogens (tertiary/aromatic N) is 1. The van der Waals surface area contributed by atoms with Crippen molar-refractivity contribution in [2.75, 3.05) is 0 Å². The van der Waals surface area contributed by atoms with Crippen molar-refractivity contribution < 1.29 is 4.79 Å². The Morgan fingerprint density at radius 3 is 2.45 bits per heavy atom. The molecular formula is C15H9Cl2N2O. The number of nitriles is 1. The van der Waals surface area contributed by atoms with Crippen molar-refractivity contribution in [1.82, 2.24) is 0 Å². The van der Waals surface area contributed by atoms with Crippen LogP contribution in [0.1, 0.15) is 21.5 Å². The van der Waals surface area contributed by atoms with E-state index < -0.39 is 5.91 Å². The highest BCUT2D eigenvalue weighted by Gasteiger charge is 2.22. The molecule has 0 unspecified atom stereocenters. The maximum Gasteiger partial charge on any atom is 0.250 e. The Morgan fingerprint density at radius 2 is 1.85 bits per heavy atom. The third kappa shape index (κ3) is 2.77. The molecule has 1 radical (unpaired) electrons. The Hall–Kier alpha value is -2.02. The van der Waals surface area contributed by atoms with Crippen molar-refractivity contribution in [1.29, 1.82) is 5.26 Å². The number of carbonyl (C=O) groups is 1. The van der Waals surface area contributed by atoms with E-state index in [1.54, 1.807) is 42.5 Å². The van der Waals surface area contributed by atoms with Gasteiger partial charge in [0, 0.05) is 5.02 Å². The number of benzene rings is 2. The van der Waals surface area contributed by atoms with Gasteiger partial charge in [-0.3, -0.25) is 4.79 Å². The van der Waals surface area contributed by atoms with Crippen molar-refractivity contribution in [2.45, 2.75) is 0 Å². The molecule has 0 saturated carbocycles. The zero-order valence-electron chi connectivity index (χ0n) is 10.2. The van der Waals surface area contributed by atoms with Crippen molar-refractivity contribution >= 4 is 29.1 Å². The van der Waals surface area contributed by atoms with Crippen molar-refractivity contribution in [2.24, 2.45) is 5.73 Å². The van der Waals surface area contributed by atoms with Crippen LogP contribution in [0.3, 0.4) is 0 Å². The van der Waals surface area contributed by atoms with E-state index in [0.717, 1.165) is 0 Å². The minimum atomic E-state index is -0.680. The second-order valence-corrected chi connectivity index (χ2v) is 4.87. The molecule has 0 aliphatic carbocycles. The van der Waals surface area contributed by atoms with Gasteiger partial charge in [0.15, 0.2) is 0 Å². The number of amides is 1. The standard InChI is InChI=1S/C15H9Cl2N2O/c16-10-4-1-3-9(7-10)12(8-18)11-5-2-6-13(17)14(11)15(19)20/h1-7H,(H2,19,20). The molecule has 0 bridgehead atoms. The van der Waals surface area contributed by atoms with Crippen molar-refractivity contribution in [3.05, 3.63) is 75.1 Å². The molecule has 1 amide bonds. The Balaban J connectivity index is 2.62. The van der Waals surface area contributed by atoms with Crippen molar-refractivity contribution in [3.63, 3.8) is 0 Å². The third-order valence-electron chi connectivity index (χ3n) is 2.75. The van der Waals surface area contributed by atoms with Gasteiger partial charge in [0.25, 0.3) is 5.91 Å². The second kappa shape index (κ2) is 5.96. The molecule has 3 nitrogen and oxygen atoms in total. The van der Waals surface area contributed by atoms with Crippen LogP contribution < -0.4 is 5.73 Å². The van der Waals surface area contributed by atoms with Crippen LogP contribution in [0.2, 0.25) is 10.0 Å². The summed E-state index contributed by atoms with van der Waals surface area (Å²) in [5.74, 6) is -0.385. The number of carbonyl (C=O) groups excluding carboxylic acids is 1. The number of primary amides is 1. The van der Waals surface area contributed by atoms with E-state index in [0.29, 0.717) is 22.1 Å². The van der Waals surface area contributed by atoms with Crippen LogP contribution in [0.15, 0.2) is 42.5 Å². The lowest BCUT2D eigenvalue weighted by atomic mass is 9.89. The number of rotatable bonds is 3.